The quantitative estimate of drug-likeness (QED) is 0.626. The van der Waals surface area contributed by atoms with Crippen molar-refractivity contribution in [2.45, 2.75) is 38.1 Å². The number of aliphatic imine (C=N–C) groups is 1. The summed E-state index contributed by atoms with van der Waals surface area (Å²) in [6, 6.07) is 8.43. The molecule has 18 heavy (non-hydrogen) atoms. The predicted octanol–water partition coefficient (Wildman–Crippen LogP) is 0.643. The molecule has 1 aliphatic carbocycles. The highest BCUT2D eigenvalue weighted by molar-refractivity contribution is 6.30. The maximum Gasteiger partial charge on any atom is 0.128 e. The average Bonchev–Trinajstić information content (AvgIpc) is 2.38. The summed E-state index contributed by atoms with van der Waals surface area (Å²) in [5.41, 5.74) is 1.11. The van der Waals surface area contributed by atoms with Gasteiger partial charge < -0.3 is 17.7 Å². The van der Waals surface area contributed by atoms with E-state index >= 15 is 0 Å². The summed E-state index contributed by atoms with van der Waals surface area (Å²) in [5.74, 6) is 0.980. The summed E-state index contributed by atoms with van der Waals surface area (Å²) >= 11 is 5.89. The van der Waals surface area contributed by atoms with E-state index in [1.165, 1.54) is 32.1 Å². The molecule has 0 aliphatic heterocycles. The van der Waals surface area contributed by atoms with Gasteiger partial charge >= 0.3 is 0 Å². The van der Waals surface area contributed by atoms with E-state index in [-0.39, 0.29) is 12.4 Å². The molecule has 2 nitrogen and oxygen atoms in total. The van der Waals surface area contributed by atoms with Crippen LogP contribution in [0.25, 0.3) is 0 Å². The molecular weight excluding hydrogens is 267 g/mol. The highest BCUT2D eigenvalue weighted by Crippen LogP contribution is 2.18. The lowest BCUT2D eigenvalue weighted by atomic mass is 9.95. The Morgan fingerprint density at radius 1 is 1.17 bits per heavy atom. The van der Waals surface area contributed by atoms with Crippen LogP contribution in [-0.2, 0) is 0 Å². The molecule has 1 aromatic rings. The van der Waals surface area contributed by atoms with Crippen LogP contribution in [0.5, 0.6) is 0 Å². The second kappa shape index (κ2) is 7.65. The van der Waals surface area contributed by atoms with Crippen LogP contribution in [0.4, 0.5) is 0 Å². The van der Waals surface area contributed by atoms with E-state index in [0.29, 0.717) is 6.04 Å². The molecule has 1 fully saturated rings. The van der Waals surface area contributed by atoms with E-state index in [0.717, 1.165) is 16.4 Å². The molecule has 0 bridgehead atoms. The number of hydrogen-bond donors (Lipinski definition) is 1. The zero-order valence-electron chi connectivity index (χ0n) is 10.6. The van der Waals surface area contributed by atoms with E-state index in [1.54, 1.807) is 0 Å². The minimum absolute atomic E-state index is 0. The van der Waals surface area contributed by atoms with Crippen molar-refractivity contribution >= 4 is 17.4 Å². The van der Waals surface area contributed by atoms with Crippen LogP contribution >= 0.6 is 11.6 Å². The fourth-order valence-corrected chi connectivity index (χ4v) is 2.45. The standard InChI is InChI=1S/C14H19ClN2.ClH/c1-16-14(11-7-9-12(15)10-8-11)17-13-5-3-2-4-6-13;/h7-10,13H,2-6H2,1H3,(H,16,17);1H/p-1. The summed E-state index contributed by atoms with van der Waals surface area (Å²) in [7, 11) is 1.83. The van der Waals surface area contributed by atoms with Gasteiger partial charge in [0.05, 0.1) is 0 Å². The van der Waals surface area contributed by atoms with Gasteiger partial charge in [-0.2, -0.15) is 0 Å². The third kappa shape index (κ3) is 4.18. The first kappa shape index (κ1) is 15.3. The van der Waals surface area contributed by atoms with Crippen molar-refractivity contribution in [3.63, 3.8) is 0 Å². The number of nitrogens with zero attached hydrogens (tertiary/aromatic N) is 1. The molecule has 0 aromatic heterocycles. The lowest BCUT2D eigenvalue weighted by Gasteiger charge is -2.24. The summed E-state index contributed by atoms with van der Waals surface area (Å²) in [4.78, 5) is 4.34. The molecule has 0 spiro atoms. The molecule has 2 rings (SSSR count). The Kier molecular flexibility index (Phi) is 6.51. The third-order valence-electron chi connectivity index (χ3n) is 3.29. The van der Waals surface area contributed by atoms with Crippen LogP contribution in [0.3, 0.4) is 0 Å². The summed E-state index contributed by atoms with van der Waals surface area (Å²) < 4.78 is 0. The van der Waals surface area contributed by atoms with E-state index in [4.69, 9.17) is 11.6 Å². The van der Waals surface area contributed by atoms with Crippen molar-refractivity contribution in [3.8, 4) is 0 Å². The van der Waals surface area contributed by atoms with Gasteiger partial charge in [0.2, 0.25) is 0 Å². The second-order valence-electron chi connectivity index (χ2n) is 4.56. The molecule has 1 saturated carbocycles. The lowest BCUT2D eigenvalue weighted by Crippen LogP contribution is -3.00. The van der Waals surface area contributed by atoms with E-state index in [9.17, 15) is 0 Å². The van der Waals surface area contributed by atoms with Gasteiger partial charge in [0.1, 0.15) is 5.84 Å². The molecule has 0 radical (unpaired) electrons. The summed E-state index contributed by atoms with van der Waals surface area (Å²) in [6.07, 6.45) is 6.54. The van der Waals surface area contributed by atoms with Crippen LogP contribution in [0.2, 0.25) is 5.02 Å². The number of hydrogen-bond acceptors (Lipinski definition) is 1. The molecular formula is C14H19Cl2N2-. The van der Waals surface area contributed by atoms with Crippen LogP contribution in [0.1, 0.15) is 37.7 Å². The van der Waals surface area contributed by atoms with Crippen molar-refractivity contribution in [2.24, 2.45) is 4.99 Å². The van der Waals surface area contributed by atoms with Gasteiger partial charge in [-0.05, 0) is 37.1 Å². The van der Waals surface area contributed by atoms with Crippen molar-refractivity contribution < 1.29 is 12.4 Å². The minimum Gasteiger partial charge on any atom is -1.00 e. The topological polar surface area (TPSA) is 24.4 Å². The normalized spacial score (nSPS) is 17.1. The maximum absolute atomic E-state index is 5.89. The fraction of sp³-hybridized carbons (Fsp3) is 0.500. The molecule has 0 amide bonds. The fourth-order valence-electron chi connectivity index (χ4n) is 2.33. The first-order valence-electron chi connectivity index (χ1n) is 6.29. The van der Waals surface area contributed by atoms with Gasteiger partial charge in [-0.1, -0.05) is 30.9 Å². The highest BCUT2D eigenvalue weighted by atomic mass is 35.5. The Labute approximate surface area is 120 Å². The Bertz CT molecular complexity index is 381. The molecule has 100 valence electrons. The first-order chi connectivity index (χ1) is 8.29. The third-order valence-corrected chi connectivity index (χ3v) is 3.54. The molecule has 0 heterocycles. The number of amidine groups is 1. The van der Waals surface area contributed by atoms with Crippen molar-refractivity contribution in [1.29, 1.82) is 0 Å². The van der Waals surface area contributed by atoms with Gasteiger partial charge in [-0.15, -0.1) is 0 Å². The molecule has 1 N–H and O–H groups in total. The van der Waals surface area contributed by atoms with Crippen molar-refractivity contribution in [3.05, 3.63) is 34.9 Å². The SMILES string of the molecule is CN=C(NC1CCCCC1)c1ccc(Cl)cc1.[Cl-]. The molecule has 0 unspecified atom stereocenters. The average molecular weight is 286 g/mol. The summed E-state index contributed by atoms with van der Waals surface area (Å²) in [5, 5.41) is 4.31. The zero-order chi connectivity index (χ0) is 12.1. The number of rotatable bonds is 2. The van der Waals surface area contributed by atoms with Crippen LogP contribution in [0.15, 0.2) is 29.3 Å². The smallest absolute Gasteiger partial charge is 0.128 e. The Morgan fingerprint density at radius 2 is 1.78 bits per heavy atom. The molecule has 1 aromatic carbocycles. The van der Waals surface area contributed by atoms with Crippen LogP contribution in [-0.4, -0.2) is 18.9 Å². The van der Waals surface area contributed by atoms with Gasteiger partial charge in [-0.25, -0.2) is 0 Å². The highest BCUT2D eigenvalue weighted by Gasteiger charge is 2.15. The molecule has 1 aliphatic rings. The zero-order valence-corrected chi connectivity index (χ0v) is 12.1. The van der Waals surface area contributed by atoms with E-state index < -0.39 is 0 Å². The minimum atomic E-state index is 0. The molecule has 0 atom stereocenters. The Balaban J connectivity index is 0.00000162. The monoisotopic (exact) mass is 285 g/mol. The molecule has 0 saturated heterocycles. The first-order valence-corrected chi connectivity index (χ1v) is 6.66. The number of benzene rings is 1. The van der Waals surface area contributed by atoms with Gasteiger partial charge in [0, 0.05) is 23.7 Å². The Morgan fingerprint density at radius 3 is 2.33 bits per heavy atom. The van der Waals surface area contributed by atoms with Gasteiger partial charge in [0.15, 0.2) is 0 Å². The Hall–Kier alpha value is -0.730. The lowest BCUT2D eigenvalue weighted by molar-refractivity contribution is -0.00000360. The van der Waals surface area contributed by atoms with Gasteiger partial charge in [0.25, 0.3) is 0 Å². The predicted molar refractivity (Wildman–Crippen MR) is 73.9 cm³/mol. The van der Waals surface area contributed by atoms with Gasteiger partial charge in [-0.3, -0.25) is 4.99 Å². The van der Waals surface area contributed by atoms with E-state index in [2.05, 4.69) is 10.3 Å². The largest absolute Gasteiger partial charge is 1.00 e. The molecule has 4 heteroatoms. The van der Waals surface area contributed by atoms with E-state index in [1.807, 2.05) is 31.3 Å². The van der Waals surface area contributed by atoms with Crippen LogP contribution < -0.4 is 17.7 Å². The van der Waals surface area contributed by atoms with Crippen molar-refractivity contribution in [2.75, 3.05) is 7.05 Å². The second-order valence-corrected chi connectivity index (χ2v) is 4.99. The number of halogens is 2. The number of nitrogens with one attached hydrogen (secondary N) is 1. The summed E-state index contributed by atoms with van der Waals surface area (Å²) in [6.45, 7) is 0. The van der Waals surface area contributed by atoms with Crippen molar-refractivity contribution in [1.82, 2.24) is 5.32 Å². The van der Waals surface area contributed by atoms with Crippen LogP contribution in [0, 0.1) is 0 Å². The maximum atomic E-state index is 5.89.